The summed E-state index contributed by atoms with van der Waals surface area (Å²) in [7, 11) is 0. The molecule has 0 bridgehead atoms. The van der Waals surface area contributed by atoms with Crippen molar-refractivity contribution in [1.29, 1.82) is 0 Å². The molecule has 2 nitrogen and oxygen atoms in total. The summed E-state index contributed by atoms with van der Waals surface area (Å²) in [4.78, 5) is 0. The van der Waals surface area contributed by atoms with Crippen LogP contribution in [0.25, 0.3) is 64.6 Å². The van der Waals surface area contributed by atoms with Gasteiger partial charge >= 0.3 is 0 Å². The van der Waals surface area contributed by atoms with Crippen LogP contribution in [0.2, 0.25) is 0 Å². The first-order valence-corrected chi connectivity index (χ1v) is 14.1. The minimum Gasteiger partial charge on any atom is -0.313 e. The monoisotopic (exact) mass is 502 g/mol. The molecule has 0 saturated heterocycles. The van der Waals surface area contributed by atoms with Crippen LogP contribution >= 0.6 is 0 Å². The van der Waals surface area contributed by atoms with Crippen molar-refractivity contribution in [2.24, 2.45) is 0 Å². The van der Waals surface area contributed by atoms with Gasteiger partial charge in [0.1, 0.15) is 0 Å². The molecule has 8 aromatic rings. The van der Waals surface area contributed by atoms with Crippen LogP contribution in [-0.4, -0.2) is 13.1 Å². The maximum Gasteiger partial charge on any atom is 0.0211 e. The average Bonchev–Trinajstić information content (AvgIpc) is 2.99. The number of rotatable bonds is 8. The number of hydrogen-bond acceptors (Lipinski definition) is 2. The second kappa shape index (κ2) is 9.20. The van der Waals surface area contributed by atoms with E-state index in [0.717, 1.165) is 32.6 Å². The van der Waals surface area contributed by atoms with Crippen LogP contribution in [0.3, 0.4) is 0 Å². The fraction of sp³-hybridized carbons (Fsp3) is 0.135. The highest BCUT2D eigenvalue weighted by atomic mass is 14.9. The Balaban J connectivity index is 0.929. The summed E-state index contributed by atoms with van der Waals surface area (Å²) in [5.41, 5.74) is 2.75. The van der Waals surface area contributed by atoms with Crippen molar-refractivity contribution in [3.05, 3.63) is 120 Å². The van der Waals surface area contributed by atoms with Crippen LogP contribution in [0.15, 0.2) is 109 Å². The van der Waals surface area contributed by atoms with Gasteiger partial charge in [0.25, 0.3) is 0 Å². The van der Waals surface area contributed by atoms with Gasteiger partial charge in [-0.2, -0.15) is 0 Å². The Bertz CT molecular complexity index is 1920. The van der Waals surface area contributed by atoms with Crippen LogP contribution in [0.4, 0.5) is 0 Å². The van der Waals surface area contributed by atoms with Crippen molar-refractivity contribution >= 4 is 64.6 Å². The second-order valence-corrected chi connectivity index (χ2v) is 10.9. The van der Waals surface area contributed by atoms with Gasteiger partial charge in [-0.25, -0.2) is 0 Å². The molecule has 188 valence electrons. The molecule has 2 N–H and O–H groups in total. The molecule has 8 rings (SSSR count). The van der Waals surface area contributed by atoms with Gasteiger partial charge in [0, 0.05) is 13.1 Å². The van der Waals surface area contributed by atoms with Crippen LogP contribution in [0, 0.1) is 0 Å². The third kappa shape index (κ3) is 3.71. The Labute approximate surface area is 227 Å². The Kier molecular flexibility index (Phi) is 5.36. The highest BCUT2D eigenvalue weighted by molar-refractivity contribution is 6.24. The molecule has 0 heterocycles. The van der Waals surface area contributed by atoms with Crippen LogP contribution in [0.5, 0.6) is 0 Å². The normalized spacial score (nSPS) is 12.3. The van der Waals surface area contributed by atoms with Gasteiger partial charge in [-0.3, -0.25) is 0 Å². The van der Waals surface area contributed by atoms with Crippen LogP contribution in [-0.2, 0) is 13.1 Å². The van der Waals surface area contributed by atoms with E-state index in [4.69, 9.17) is 0 Å². The first-order valence-electron chi connectivity index (χ1n) is 14.1. The number of nitrogens with one attached hydrogen (secondary N) is 2. The topological polar surface area (TPSA) is 24.1 Å². The van der Waals surface area contributed by atoms with Gasteiger partial charge in [-0.15, -0.1) is 0 Å². The van der Waals surface area contributed by atoms with E-state index in [1.54, 1.807) is 0 Å². The molecule has 2 heteroatoms. The number of benzene rings is 8. The summed E-state index contributed by atoms with van der Waals surface area (Å²) in [6, 6.07) is 40.5. The van der Waals surface area contributed by atoms with Gasteiger partial charge in [-0.1, -0.05) is 109 Å². The van der Waals surface area contributed by atoms with Gasteiger partial charge in [0.2, 0.25) is 0 Å². The predicted octanol–water partition coefficient (Wildman–Crippen LogP) is 8.75. The van der Waals surface area contributed by atoms with Crippen molar-refractivity contribution in [2.45, 2.75) is 19.5 Å². The highest BCUT2D eigenvalue weighted by Crippen LogP contribution is 2.37. The summed E-state index contributed by atoms with van der Waals surface area (Å²) in [6.45, 7) is 3.77. The van der Waals surface area contributed by atoms with E-state index >= 15 is 0 Å². The van der Waals surface area contributed by atoms with Gasteiger partial charge < -0.3 is 10.6 Å². The van der Waals surface area contributed by atoms with Crippen molar-refractivity contribution < 1.29 is 0 Å². The van der Waals surface area contributed by atoms with E-state index < -0.39 is 0 Å². The lowest BCUT2D eigenvalue weighted by Gasteiger charge is -2.15. The minimum absolute atomic E-state index is 0.892. The van der Waals surface area contributed by atoms with E-state index in [-0.39, 0.29) is 0 Å². The summed E-state index contributed by atoms with van der Waals surface area (Å²) in [6.07, 6.45) is 1.09. The zero-order valence-corrected chi connectivity index (χ0v) is 21.9. The first-order chi connectivity index (χ1) is 19.3. The van der Waals surface area contributed by atoms with E-state index in [1.807, 2.05) is 0 Å². The molecule has 0 unspecified atom stereocenters. The van der Waals surface area contributed by atoms with Crippen LogP contribution < -0.4 is 10.6 Å². The molecule has 0 atom stereocenters. The molecule has 0 aliphatic rings. The Morgan fingerprint density at radius 1 is 0.359 bits per heavy atom. The summed E-state index contributed by atoms with van der Waals surface area (Å²) in [5.74, 6) is 0. The Morgan fingerprint density at radius 3 is 1.15 bits per heavy atom. The molecule has 0 spiro atoms. The zero-order valence-electron chi connectivity index (χ0n) is 21.9. The van der Waals surface area contributed by atoms with E-state index in [0.29, 0.717) is 0 Å². The Hall–Kier alpha value is -4.24. The quantitative estimate of drug-likeness (QED) is 0.160. The molecule has 39 heavy (non-hydrogen) atoms. The molecule has 8 aromatic carbocycles. The molecule has 0 amide bonds. The third-order valence-corrected chi connectivity index (χ3v) is 8.58. The standard InChI is InChI=1S/C37H30N2/c1-4-24-8-10-28-12-14-30(32-18-16-26(6-1)34(24)36(28)32)22-38-20-3-21-39-23-31-15-13-29-11-9-25-5-2-7-27-17-19-33(31)37(29)35(25)27/h1-2,4-19,38-39H,3,20-23H2. The van der Waals surface area contributed by atoms with Crippen LogP contribution in [0.1, 0.15) is 17.5 Å². The maximum atomic E-state index is 3.70. The first kappa shape index (κ1) is 22.7. The van der Waals surface area contributed by atoms with Gasteiger partial charge in [0.15, 0.2) is 0 Å². The molecule has 0 saturated carbocycles. The molecular formula is C37H30N2. The predicted molar refractivity (Wildman–Crippen MR) is 168 cm³/mol. The van der Waals surface area contributed by atoms with Crippen molar-refractivity contribution in [1.82, 2.24) is 10.6 Å². The number of hydrogen-bond donors (Lipinski definition) is 2. The lowest BCUT2D eigenvalue weighted by atomic mass is 9.92. The highest BCUT2D eigenvalue weighted by Gasteiger charge is 2.12. The average molecular weight is 503 g/mol. The van der Waals surface area contributed by atoms with Crippen molar-refractivity contribution in [3.8, 4) is 0 Å². The third-order valence-electron chi connectivity index (χ3n) is 8.58. The molecule has 0 fully saturated rings. The van der Waals surface area contributed by atoms with E-state index in [9.17, 15) is 0 Å². The molecule has 0 aliphatic heterocycles. The largest absolute Gasteiger partial charge is 0.313 e. The molecular weight excluding hydrogens is 472 g/mol. The van der Waals surface area contributed by atoms with Gasteiger partial charge in [-0.05, 0) is 95.3 Å². The lowest BCUT2D eigenvalue weighted by Crippen LogP contribution is -2.21. The fourth-order valence-corrected chi connectivity index (χ4v) is 6.68. The van der Waals surface area contributed by atoms with Crippen molar-refractivity contribution in [3.63, 3.8) is 0 Å². The maximum absolute atomic E-state index is 3.70. The minimum atomic E-state index is 0.892. The lowest BCUT2D eigenvalue weighted by molar-refractivity contribution is 0.597. The Morgan fingerprint density at radius 2 is 0.718 bits per heavy atom. The molecule has 0 radical (unpaired) electrons. The summed E-state index contributed by atoms with van der Waals surface area (Å²) >= 11 is 0. The van der Waals surface area contributed by atoms with E-state index in [2.05, 4.69) is 120 Å². The molecule has 0 aromatic heterocycles. The smallest absolute Gasteiger partial charge is 0.0211 e. The fourth-order valence-electron chi connectivity index (χ4n) is 6.68. The summed E-state index contributed by atoms with van der Waals surface area (Å²) in [5, 5.41) is 23.7. The van der Waals surface area contributed by atoms with E-state index in [1.165, 1.54) is 75.8 Å². The van der Waals surface area contributed by atoms with Gasteiger partial charge in [0.05, 0.1) is 0 Å². The molecule has 0 aliphatic carbocycles. The summed E-state index contributed by atoms with van der Waals surface area (Å²) < 4.78 is 0. The zero-order chi connectivity index (χ0) is 25.8. The second-order valence-electron chi connectivity index (χ2n) is 10.9. The van der Waals surface area contributed by atoms with Crippen molar-refractivity contribution in [2.75, 3.05) is 13.1 Å². The SMILES string of the molecule is c1cc2ccc3ccc(CNCCCNCc4ccc5ccc6cccc7ccc4c5c67)c4ccc(c1)c2c34.